The zero-order chi connectivity index (χ0) is 23.7. The van der Waals surface area contributed by atoms with Gasteiger partial charge in [0.05, 0.1) is 18.4 Å². The molecular formula is C23H22Cl2N2O6. The van der Waals surface area contributed by atoms with Gasteiger partial charge in [-0.2, -0.15) is 0 Å². The number of nitrogens with zero attached hydrogens (tertiary/aromatic N) is 1. The number of allylic oxidation sites excluding steroid dienone is 2. The number of hydrogen-bond donors (Lipinski definition) is 2. The lowest BCUT2D eigenvalue weighted by molar-refractivity contribution is -0.138. The highest BCUT2D eigenvalue weighted by molar-refractivity contribution is 6.53. The van der Waals surface area contributed by atoms with E-state index in [0.29, 0.717) is 17.7 Å². The van der Waals surface area contributed by atoms with E-state index < -0.39 is 45.2 Å². The van der Waals surface area contributed by atoms with E-state index in [1.54, 1.807) is 24.3 Å². The van der Waals surface area contributed by atoms with Gasteiger partial charge in [-0.25, -0.2) is 0 Å². The minimum atomic E-state index is -1.79. The van der Waals surface area contributed by atoms with Crippen molar-refractivity contribution in [3.63, 3.8) is 0 Å². The number of fused-ring (bicyclic) bond motifs is 4. The normalized spacial score (nSPS) is 37.3. The van der Waals surface area contributed by atoms with Crippen LogP contribution in [0.2, 0.25) is 0 Å². The number of aliphatic hydroxyl groups excluding tert-OH is 1. The molecule has 3 fully saturated rings. The van der Waals surface area contributed by atoms with Crippen LogP contribution in [-0.2, 0) is 19.2 Å². The van der Waals surface area contributed by atoms with E-state index in [1.807, 2.05) is 6.08 Å². The molecule has 0 spiro atoms. The number of benzene rings is 1. The predicted molar refractivity (Wildman–Crippen MR) is 118 cm³/mol. The van der Waals surface area contributed by atoms with E-state index >= 15 is 0 Å². The summed E-state index contributed by atoms with van der Waals surface area (Å²) in [6, 6.07) is 6.86. The van der Waals surface area contributed by atoms with Gasteiger partial charge in [-0.15, -0.1) is 23.2 Å². The maximum Gasteiger partial charge on any atom is 0.253 e. The molecule has 2 aliphatic carbocycles. The fourth-order valence-electron chi connectivity index (χ4n) is 5.95. The van der Waals surface area contributed by atoms with Crippen molar-refractivity contribution in [3.05, 3.63) is 41.5 Å². The van der Waals surface area contributed by atoms with Crippen LogP contribution in [-0.4, -0.2) is 63.6 Å². The first-order valence-electron chi connectivity index (χ1n) is 10.7. The number of likely N-dealkylation sites (tertiary alicyclic amines) is 1. The molecule has 174 valence electrons. The Morgan fingerprint density at radius 1 is 1.09 bits per heavy atom. The molecule has 4 amide bonds. The number of hydrogen-bond acceptors (Lipinski definition) is 6. The Bertz CT molecular complexity index is 1100. The quantitative estimate of drug-likeness (QED) is 0.372. The number of aliphatic hydroxyl groups is 1. The molecule has 4 aliphatic rings. The molecule has 5 rings (SSSR count). The van der Waals surface area contributed by atoms with Crippen LogP contribution in [0.3, 0.4) is 0 Å². The molecule has 1 saturated carbocycles. The number of amides is 4. The average Bonchev–Trinajstić information content (AvgIpc) is 3.16. The molecular weight excluding hydrogens is 471 g/mol. The van der Waals surface area contributed by atoms with Crippen molar-refractivity contribution < 1.29 is 29.0 Å². The first-order valence-corrected chi connectivity index (χ1v) is 11.5. The molecule has 2 N–H and O–H groups in total. The maximum absolute atomic E-state index is 13.4. The van der Waals surface area contributed by atoms with Gasteiger partial charge in [-0.05, 0) is 36.5 Å². The van der Waals surface area contributed by atoms with Crippen molar-refractivity contribution in [2.24, 2.45) is 17.8 Å². The topological polar surface area (TPSA) is 113 Å². The van der Waals surface area contributed by atoms with Crippen molar-refractivity contribution in [1.82, 2.24) is 10.2 Å². The van der Waals surface area contributed by atoms with Crippen LogP contribution in [0.5, 0.6) is 5.75 Å². The summed E-state index contributed by atoms with van der Waals surface area (Å²) < 4.78 is 5.43. The third-order valence-corrected chi connectivity index (χ3v) is 8.84. The summed E-state index contributed by atoms with van der Waals surface area (Å²) in [4.78, 5) is 49.0. The lowest BCUT2D eigenvalue weighted by Gasteiger charge is -2.50. The number of carbonyl (C=O) groups is 4. The molecule has 0 radical (unpaired) electrons. The third kappa shape index (κ3) is 2.87. The van der Waals surface area contributed by atoms with Crippen LogP contribution in [0.1, 0.15) is 24.3 Å². The lowest BCUT2D eigenvalue weighted by atomic mass is 9.56. The third-order valence-electron chi connectivity index (χ3n) is 7.43. The Kier molecular flexibility index (Phi) is 5.12. The van der Waals surface area contributed by atoms with Crippen LogP contribution in [0.4, 0.5) is 0 Å². The molecule has 10 heteroatoms. The summed E-state index contributed by atoms with van der Waals surface area (Å²) in [6.07, 6.45) is 2.19. The molecule has 33 heavy (non-hydrogen) atoms. The van der Waals surface area contributed by atoms with Crippen LogP contribution in [0.25, 0.3) is 0 Å². The standard InChI is InChI=1S/C23H22Cl2N2O6/c1-27-20(31)22(24)10-15-13(6-7-14-16(15)19(30)26-18(14)29)17(23(22,25)21(27)32)11-2-4-12(5-3-11)33-9-8-28/h2-6,14-17,28H,7-10H2,1H3,(H,26,29,30). The summed E-state index contributed by atoms with van der Waals surface area (Å²) in [5.74, 6) is -3.91. The minimum Gasteiger partial charge on any atom is -0.491 e. The van der Waals surface area contributed by atoms with E-state index in [4.69, 9.17) is 33.0 Å². The van der Waals surface area contributed by atoms with Crippen molar-refractivity contribution in [3.8, 4) is 5.75 Å². The van der Waals surface area contributed by atoms with Gasteiger partial charge in [-0.1, -0.05) is 23.8 Å². The highest BCUT2D eigenvalue weighted by Gasteiger charge is 2.75. The molecule has 1 aromatic rings. The fraction of sp³-hybridized carbons (Fsp3) is 0.478. The minimum absolute atomic E-state index is 0.0190. The number of nitrogens with one attached hydrogen (secondary N) is 1. The average molecular weight is 493 g/mol. The van der Waals surface area contributed by atoms with Gasteiger partial charge in [-0.3, -0.25) is 29.4 Å². The summed E-state index contributed by atoms with van der Waals surface area (Å²) in [6.45, 7) is -0.00494. The van der Waals surface area contributed by atoms with E-state index in [0.717, 1.165) is 10.5 Å². The zero-order valence-electron chi connectivity index (χ0n) is 17.7. The Balaban J connectivity index is 1.66. The summed E-state index contributed by atoms with van der Waals surface area (Å²) in [5, 5.41) is 11.4. The maximum atomic E-state index is 13.4. The Morgan fingerprint density at radius 2 is 1.79 bits per heavy atom. The SMILES string of the molecule is CN1C(=O)C2(Cl)CC3C(=CCC4C(=O)NC(=O)C43)C(c3ccc(OCCO)cc3)C2(Cl)C1=O. The Morgan fingerprint density at radius 3 is 2.45 bits per heavy atom. The second-order valence-corrected chi connectivity index (χ2v) is 10.2. The smallest absolute Gasteiger partial charge is 0.253 e. The first kappa shape index (κ1) is 22.4. The molecule has 2 heterocycles. The summed E-state index contributed by atoms with van der Waals surface area (Å²) in [7, 11) is 1.35. The molecule has 8 nitrogen and oxygen atoms in total. The van der Waals surface area contributed by atoms with Gasteiger partial charge in [0.15, 0.2) is 9.75 Å². The molecule has 1 aromatic carbocycles. The number of halogens is 2. The summed E-state index contributed by atoms with van der Waals surface area (Å²) >= 11 is 14.0. The molecule has 2 saturated heterocycles. The lowest BCUT2D eigenvalue weighted by Crippen LogP contribution is -2.60. The predicted octanol–water partition coefficient (Wildman–Crippen LogP) is 1.33. The first-order chi connectivity index (χ1) is 15.6. The van der Waals surface area contributed by atoms with Gasteiger partial charge in [0.2, 0.25) is 11.8 Å². The van der Waals surface area contributed by atoms with Crippen molar-refractivity contribution >= 4 is 46.8 Å². The van der Waals surface area contributed by atoms with E-state index in [-0.39, 0.29) is 31.4 Å². The van der Waals surface area contributed by atoms with Gasteiger partial charge in [0.25, 0.3) is 11.8 Å². The van der Waals surface area contributed by atoms with E-state index in [2.05, 4.69) is 5.32 Å². The van der Waals surface area contributed by atoms with Gasteiger partial charge >= 0.3 is 0 Å². The van der Waals surface area contributed by atoms with Crippen LogP contribution in [0, 0.1) is 17.8 Å². The largest absolute Gasteiger partial charge is 0.491 e. The van der Waals surface area contributed by atoms with Crippen LogP contribution >= 0.6 is 23.2 Å². The summed E-state index contributed by atoms with van der Waals surface area (Å²) in [5.41, 5.74) is 1.38. The Hall–Kier alpha value is -2.42. The van der Waals surface area contributed by atoms with Crippen molar-refractivity contribution in [1.29, 1.82) is 0 Å². The van der Waals surface area contributed by atoms with Gasteiger partial charge in [0.1, 0.15) is 12.4 Å². The second kappa shape index (κ2) is 7.55. The zero-order valence-corrected chi connectivity index (χ0v) is 19.2. The highest BCUT2D eigenvalue weighted by atomic mass is 35.5. The molecule has 2 aliphatic heterocycles. The Labute approximate surface area is 199 Å². The number of imide groups is 2. The van der Waals surface area contributed by atoms with Crippen LogP contribution < -0.4 is 10.1 Å². The molecule has 0 bridgehead atoms. The van der Waals surface area contributed by atoms with E-state index in [9.17, 15) is 19.2 Å². The highest BCUT2D eigenvalue weighted by Crippen LogP contribution is 2.64. The molecule has 6 atom stereocenters. The van der Waals surface area contributed by atoms with Crippen molar-refractivity contribution in [2.75, 3.05) is 20.3 Å². The number of rotatable bonds is 4. The van der Waals surface area contributed by atoms with Gasteiger partial charge < -0.3 is 9.84 Å². The number of alkyl halides is 2. The van der Waals surface area contributed by atoms with E-state index in [1.165, 1.54) is 7.05 Å². The number of ether oxygens (including phenoxy) is 1. The van der Waals surface area contributed by atoms with Gasteiger partial charge in [0, 0.05) is 13.0 Å². The van der Waals surface area contributed by atoms with Crippen LogP contribution in [0.15, 0.2) is 35.9 Å². The number of carbonyl (C=O) groups excluding carboxylic acids is 4. The monoisotopic (exact) mass is 492 g/mol. The second-order valence-electron chi connectivity index (χ2n) is 8.99. The molecule has 6 unspecified atom stereocenters. The fourth-order valence-corrected chi connectivity index (χ4v) is 6.97. The molecule has 0 aromatic heterocycles. The van der Waals surface area contributed by atoms with Crippen molar-refractivity contribution in [2.45, 2.75) is 28.5 Å².